The molecule has 19 heavy (non-hydrogen) atoms. The highest BCUT2D eigenvalue weighted by molar-refractivity contribution is 7.11. The van der Waals surface area contributed by atoms with E-state index in [1.165, 1.54) is 0 Å². The van der Waals surface area contributed by atoms with Gasteiger partial charge in [-0.3, -0.25) is 9.69 Å². The van der Waals surface area contributed by atoms with Crippen LogP contribution in [0.1, 0.15) is 30.8 Å². The Labute approximate surface area is 118 Å². The number of amides is 1. The van der Waals surface area contributed by atoms with Gasteiger partial charge in [-0.15, -0.1) is 21.5 Å². The molecule has 0 unspecified atom stereocenters. The lowest BCUT2D eigenvalue weighted by atomic mass is 10.1. The second-order valence-corrected chi connectivity index (χ2v) is 6.81. The zero-order valence-electron chi connectivity index (χ0n) is 12.1. The first-order chi connectivity index (χ1) is 8.97. The van der Waals surface area contributed by atoms with E-state index >= 15 is 0 Å². The lowest BCUT2D eigenvalue weighted by molar-refractivity contribution is -0.141. The third-order valence-corrected chi connectivity index (χ3v) is 4.19. The molecule has 0 N–H and O–H groups in total. The van der Waals surface area contributed by atoms with Gasteiger partial charge in [0.25, 0.3) is 0 Å². The molecule has 2 heterocycles. The number of carbonyl (C=O) groups is 1. The van der Waals surface area contributed by atoms with Crippen molar-refractivity contribution >= 4 is 17.2 Å². The van der Waals surface area contributed by atoms with Crippen LogP contribution in [-0.4, -0.2) is 51.6 Å². The number of rotatable bonds is 4. The zero-order valence-corrected chi connectivity index (χ0v) is 12.9. The van der Waals surface area contributed by atoms with E-state index < -0.39 is 0 Å². The van der Waals surface area contributed by atoms with Crippen molar-refractivity contribution in [3.05, 3.63) is 10.0 Å². The number of aryl methyl sites for hydroxylation is 1. The minimum Gasteiger partial charge on any atom is -0.340 e. The summed E-state index contributed by atoms with van der Waals surface area (Å²) in [5.41, 5.74) is 0. The molecule has 0 aromatic carbocycles. The van der Waals surface area contributed by atoms with Crippen molar-refractivity contribution in [2.45, 2.75) is 40.3 Å². The predicted octanol–water partition coefficient (Wildman–Crippen LogP) is 1.54. The number of hydrogen-bond acceptors (Lipinski definition) is 5. The van der Waals surface area contributed by atoms with Crippen LogP contribution < -0.4 is 0 Å². The first-order valence-electron chi connectivity index (χ1n) is 6.79. The molecule has 5 nitrogen and oxygen atoms in total. The lowest BCUT2D eigenvalue weighted by Crippen LogP contribution is -2.56. The van der Waals surface area contributed by atoms with E-state index in [0.29, 0.717) is 5.92 Å². The predicted molar refractivity (Wildman–Crippen MR) is 75.9 cm³/mol. The molecule has 106 valence electrons. The Balaban J connectivity index is 1.97. The van der Waals surface area contributed by atoms with Crippen LogP contribution in [0, 0.1) is 12.8 Å². The number of hydrogen-bond donors (Lipinski definition) is 0. The maximum Gasteiger partial charge on any atom is 0.239 e. The van der Waals surface area contributed by atoms with E-state index in [1.54, 1.807) is 11.3 Å². The fraction of sp³-hybridized carbons (Fsp3) is 0.769. The summed E-state index contributed by atoms with van der Waals surface area (Å²) < 4.78 is 0. The summed E-state index contributed by atoms with van der Waals surface area (Å²) in [5.74, 6) is 0.759. The van der Waals surface area contributed by atoms with Crippen molar-refractivity contribution in [1.82, 2.24) is 20.0 Å². The van der Waals surface area contributed by atoms with Crippen LogP contribution in [0.15, 0.2) is 0 Å². The maximum atomic E-state index is 12.3. The number of aromatic nitrogens is 2. The molecule has 0 radical (unpaired) electrons. The third-order valence-electron chi connectivity index (χ3n) is 3.37. The van der Waals surface area contributed by atoms with Crippen molar-refractivity contribution in [3.8, 4) is 0 Å². The van der Waals surface area contributed by atoms with Crippen molar-refractivity contribution in [3.63, 3.8) is 0 Å². The Morgan fingerprint density at radius 3 is 2.68 bits per heavy atom. The zero-order chi connectivity index (χ0) is 14.0. The van der Waals surface area contributed by atoms with Crippen LogP contribution in [0.25, 0.3) is 0 Å². The number of carbonyl (C=O) groups excluding carboxylic acids is 1. The molecular weight excluding hydrogens is 260 g/mol. The van der Waals surface area contributed by atoms with Gasteiger partial charge in [-0.25, -0.2) is 0 Å². The van der Waals surface area contributed by atoms with Gasteiger partial charge < -0.3 is 4.90 Å². The van der Waals surface area contributed by atoms with Gasteiger partial charge in [0.05, 0.1) is 12.6 Å². The van der Waals surface area contributed by atoms with E-state index in [4.69, 9.17) is 0 Å². The average molecular weight is 282 g/mol. The lowest BCUT2D eigenvalue weighted by Gasteiger charge is -2.39. The van der Waals surface area contributed by atoms with Crippen LogP contribution in [0.5, 0.6) is 0 Å². The summed E-state index contributed by atoms with van der Waals surface area (Å²) in [6, 6.07) is -0.0586. The fourth-order valence-corrected chi connectivity index (χ4v) is 3.12. The van der Waals surface area contributed by atoms with E-state index in [9.17, 15) is 4.79 Å². The van der Waals surface area contributed by atoms with Gasteiger partial charge in [0.2, 0.25) is 5.91 Å². The SMILES string of the molecule is Cc1nnc(CN2CCN(CC(C)C)C(=O)[C@H]2C)s1. The van der Waals surface area contributed by atoms with Crippen molar-refractivity contribution in [2.24, 2.45) is 5.92 Å². The molecule has 6 heteroatoms. The van der Waals surface area contributed by atoms with E-state index in [-0.39, 0.29) is 11.9 Å². The van der Waals surface area contributed by atoms with Gasteiger partial charge in [-0.05, 0) is 19.8 Å². The molecule has 0 spiro atoms. The average Bonchev–Trinajstić information content (AvgIpc) is 2.74. The number of piperazine rings is 1. The molecule has 1 aromatic rings. The smallest absolute Gasteiger partial charge is 0.239 e. The summed E-state index contributed by atoms with van der Waals surface area (Å²) in [7, 11) is 0. The molecule has 0 saturated carbocycles. The normalized spacial score (nSPS) is 21.4. The van der Waals surface area contributed by atoms with E-state index in [0.717, 1.165) is 36.2 Å². The standard InChI is InChI=1S/C13H22N4OS/c1-9(2)7-17-6-5-16(10(3)13(17)18)8-12-15-14-11(4)19-12/h9-10H,5-8H2,1-4H3/t10-/m1/s1. The second kappa shape index (κ2) is 5.96. The minimum absolute atomic E-state index is 0.0586. The highest BCUT2D eigenvalue weighted by atomic mass is 32.1. The molecule has 2 rings (SSSR count). The summed E-state index contributed by atoms with van der Waals surface area (Å²) in [5, 5.41) is 10.1. The largest absolute Gasteiger partial charge is 0.340 e. The topological polar surface area (TPSA) is 49.3 Å². The van der Waals surface area contributed by atoms with Crippen LogP contribution >= 0.6 is 11.3 Å². The minimum atomic E-state index is -0.0586. The molecule has 1 atom stereocenters. The van der Waals surface area contributed by atoms with Crippen LogP contribution in [-0.2, 0) is 11.3 Å². The molecule has 1 aliphatic rings. The highest BCUT2D eigenvalue weighted by Crippen LogP contribution is 2.18. The van der Waals surface area contributed by atoms with Crippen LogP contribution in [0.2, 0.25) is 0 Å². The van der Waals surface area contributed by atoms with Crippen LogP contribution in [0.3, 0.4) is 0 Å². The van der Waals surface area contributed by atoms with Crippen molar-refractivity contribution < 1.29 is 4.79 Å². The molecule has 1 fully saturated rings. The molecule has 1 aliphatic heterocycles. The molecule has 1 saturated heterocycles. The third kappa shape index (κ3) is 3.51. The van der Waals surface area contributed by atoms with Crippen LogP contribution in [0.4, 0.5) is 0 Å². The summed E-state index contributed by atoms with van der Waals surface area (Å²) in [6.07, 6.45) is 0. The monoisotopic (exact) mass is 282 g/mol. The first kappa shape index (κ1) is 14.4. The molecule has 0 aliphatic carbocycles. The number of nitrogens with zero attached hydrogens (tertiary/aromatic N) is 4. The Morgan fingerprint density at radius 2 is 2.11 bits per heavy atom. The Hall–Kier alpha value is -1.01. The summed E-state index contributed by atoms with van der Waals surface area (Å²) in [6.45, 7) is 11.6. The Morgan fingerprint density at radius 1 is 1.37 bits per heavy atom. The quantitative estimate of drug-likeness (QED) is 0.840. The second-order valence-electron chi connectivity index (χ2n) is 5.54. The summed E-state index contributed by atoms with van der Waals surface area (Å²) in [4.78, 5) is 16.5. The Kier molecular flexibility index (Phi) is 4.52. The first-order valence-corrected chi connectivity index (χ1v) is 7.61. The molecule has 0 bridgehead atoms. The van der Waals surface area contributed by atoms with E-state index in [1.807, 2.05) is 18.7 Å². The van der Waals surface area contributed by atoms with Gasteiger partial charge in [0.1, 0.15) is 10.0 Å². The fourth-order valence-electron chi connectivity index (χ4n) is 2.39. The van der Waals surface area contributed by atoms with Gasteiger partial charge in [-0.2, -0.15) is 0 Å². The maximum absolute atomic E-state index is 12.3. The highest BCUT2D eigenvalue weighted by Gasteiger charge is 2.31. The molecule has 1 amide bonds. The summed E-state index contributed by atoms with van der Waals surface area (Å²) >= 11 is 1.61. The molecule has 1 aromatic heterocycles. The van der Waals surface area contributed by atoms with Crippen molar-refractivity contribution in [2.75, 3.05) is 19.6 Å². The van der Waals surface area contributed by atoms with E-state index in [2.05, 4.69) is 28.9 Å². The van der Waals surface area contributed by atoms with Gasteiger partial charge in [0.15, 0.2) is 0 Å². The Bertz CT molecular complexity index is 446. The molecular formula is C13H22N4OS. The van der Waals surface area contributed by atoms with Gasteiger partial charge in [0, 0.05) is 19.6 Å². The van der Waals surface area contributed by atoms with Gasteiger partial charge >= 0.3 is 0 Å². The van der Waals surface area contributed by atoms with Gasteiger partial charge in [-0.1, -0.05) is 13.8 Å². The van der Waals surface area contributed by atoms with Crippen molar-refractivity contribution in [1.29, 1.82) is 0 Å².